The number of rotatable bonds is 5. The molecule has 0 unspecified atom stereocenters. The zero-order chi connectivity index (χ0) is 16.2. The van der Waals surface area contributed by atoms with E-state index >= 15 is 0 Å². The monoisotopic (exact) mass is 344 g/mol. The predicted octanol–water partition coefficient (Wildman–Crippen LogP) is 2.27. The summed E-state index contributed by atoms with van der Waals surface area (Å²) < 4.78 is 26.7. The van der Waals surface area contributed by atoms with Crippen molar-refractivity contribution in [3.05, 3.63) is 29.3 Å². The van der Waals surface area contributed by atoms with Crippen LogP contribution < -0.4 is 4.72 Å². The van der Waals surface area contributed by atoms with Gasteiger partial charge in [0.2, 0.25) is 15.9 Å². The molecule has 122 valence electrons. The maximum Gasteiger partial charge on any atom is 0.242 e. The second-order valence-electron chi connectivity index (χ2n) is 5.64. The Kier molecular flexibility index (Phi) is 5.83. The number of benzene rings is 1. The van der Waals surface area contributed by atoms with E-state index in [1.165, 1.54) is 12.1 Å². The zero-order valence-electron chi connectivity index (χ0n) is 12.6. The van der Waals surface area contributed by atoms with Gasteiger partial charge in [-0.15, -0.1) is 0 Å². The summed E-state index contributed by atoms with van der Waals surface area (Å²) in [5.41, 5.74) is 0. The number of nitrogens with zero attached hydrogens (tertiary/aromatic N) is 1. The summed E-state index contributed by atoms with van der Waals surface area (Å²) in [6.45, 7) is 3.78. The van der Waals surface area contributed by atoms with Gasteiger partial charge in [-0.1, -0.05) is 30.7 Å². The van der Waals surface area contributed by atoms with Gasteiger partial charge in [0.05, 0.1) is 5.02 Å². The fraction of sp³-hybridized carbons (Fsp3) is 0.533. The molecule has 1 aromatic rings. The minimum atomic E-state index is -3.68. The van der Waals surface area contributed by atoms with Crippen molar-refractivity contribution in [1.29, 1.82) is 0 Å². The lowest BCUT2D eigenvalue weighted by Gasteiger charge is -2.30. The summed E-state index contributed by atoms with van der Waals surface area (Å²) in [4.78, 5) is 13.9. The highest BCUT2D eigenvalue weighted by Gasteiger charge is 2.21. The first-order chi connectivity index (χ1) is 10.4. The van der Waals surface area contributed by atoms with Crippen LogP contribution in [0.2, 0.25) is 5.02 Å². The van der Waals surface area contributed by atoms with E-state index in [0.717, 1.165) is 25.9 Å². The molecule has 1 fully saturated rings. The number of nitrogens with one attached hydrogen (secondary N) is 1. The summed E-state index contributed by atoms with van der Waals surface area (Å²) >= 11 is 5.89. The molecule has 5 nitrogen and oxygen atoms in total. The van der Waals surface area contributed by atoms with Crippen LogP contribution in [-0.2, 0) is 14.8 Å². The van der Waals surface area contributed by atoms with Crippen LogP contribution in [0.25, 0.3) is 0 Å². The third-order valence-corrected chi connectivity index (χ3v) is 5.85. The van der Waals surface area contributed by atoms with Crippen molar-refractivity contribution in [2.45, 2.75) is 31.1 Å². The van der Waals surface area contributed by atoms with Gasteiger partial charge in [-0.2, -0.15) is 0 Å². The third kappa shape index (κ3) is 4.44. The first-order valence-corrected chi connectivity index (χ1v) is 9.28. The van der Waals surface area contributed by atoms with Crippen molar-refractivity contribution < 1.29 is 13.2 Å². The van der Waals surface area contributed by atoms with Crippen molar-refractivity contribution in [3.8, 4) is 0 Å². The van der Waals surface area contributed by atoms with Gasteiger partial charge in [0.1, 0.15) is 4.90 Å². The van der Waals surface area contributed by atoms with Gasteiger partial charge in [0.15, 0.2) is 0 Å². The number of hydrogen-bond donors (Lipinski definition) is 1. The number of hydrogen-bond acceptors (Lipinski definition) is 3. The third-order valence-electron chi connectivity index (χ3n) is 3.89. The van der Waals surface area contributed by atoms with Crippen molar-refractivity contribution in [2.75, 3.05) is 19.6 Å². The van der Waals surface area contributed by atoms with Crippen LogP contribution in [0.3, 0.4) is 0 Å². The first kappa shape index (κ1) is 17.2. The van der Waals surface area contributed by atoms with Crippen LogP contribution in [0.5, 0.6) is 0 Å². The smallest absolute Gasteiger partial charge is 0.242 e. The minimum Gasteiger partial charge on any atom is -0.343 e. The lowest BCUT2D eigenvalue weighted by molar-refractivity contribution is -0.132. The van der Waals surface area contributed by atoms with Crippen LogP contribution in [0.1, 0.15) is 26.2 Å². The van der Waals surface area contributed by atoms with Gasteiger partial charge < -0.3 is 4.90 Å². The first-order valence-electron chi connectivity index (χ1n) is 7.42. The maximum absolute atomic E-state index is 12.1. The van der Waals surface area contributed by atoms with Crippen LogP contribution in [0.15, 0.2) is 29.2 Å². The quantitative estimate of drug-likeness (QED) is 0.891. The van der Waals surface area contributed by atoms with Crippen molar-refractivity contribution in [2.24, 2.45) is 5.92 Å². The van der Waals surface area contributed by atoms with E-state index in [2.05, 4.69) is 11.6 Å². The maximum atomic E-state index is 12.1. The number of likely N-dealkylation sites (tertiary alicyclic amines) is 1. The van der Waals surface area contributed by atoms with Crippen LogP contribution in [-0.4, -0.2) is 38.9 Å². The van der Waals surface area contributed by atoms with Crippen LogP contribution in [0.4, 0.5) is 0 Å². The molecule has 0 aromatic heterocycles. The zero-order valence-corrected chi connectivity index (χ0v) is 14.2. The largest absolute Gasteiger partial charge is 0.343 e. The Morgan fingerprint density at radius 2 is 1.95 bits per heavy atom. The summed E-state index contributed by atoms with van der Waals surface area (Å²) in [7, 11) is -3.68. The fourth-order valence-electron chi connectivity index (χ4n) is 2.45. The van der Waals surface area contributed by atoms with E-state index in [9.17, 15) is 13.2 Å². The Labute approximate surface area is 136 Å². The molecule has 0 saturated carbocycles. The highest BCUT2D eigenvalue weighted by atomic mass is 35.5. The van der Waals surface area contributed by atoms with E-state index in [1.807, 2.05) is 4.90 Å². The molecule has 1 heterocycles. The molecule has 2 rings (SSSR count). The van der Waals surface area contributed by atoms with E-state index in [-0.39, 0.29) is 28.8 Å². The summed E-state index contributed by atoms with van der Waals surface area (Å²) in [5.74, 6) is 0.650. The number of carbonyl (C=O) groups is 1. The number of carbonyl (C=O) groups excluding carboxylic acids is 1. The highest BCUT2D eigenvalue weighted by molar-refractivity contribution is 7.89. The Morgan fingerprint density at radius 3 is 2.59 bits per heavy atom. The van der Waals surface area contributed by atoms with E-state index in [0.29, 0.717) is 5.92 Å². The normalized spacial score (nSPS) is 16.7. The molecule has 1 saturated heterocycles. The Hall–Kier alpha value is -1.11. The molecule has 0 spiro atoms. The fourth-order valence-corrected chi connectivity index (χ4v) is 4.00. The van der Waals surface area contributed by atoms with E-state index in [4.69, 9.17) is 11.6 Å². The molecular weight excluding hydrogens is 324 g/mol. The Morgan fingerprint density at radius 1 is 1.32 bits per heavy atom. The summed E-state index contributed by atoms with van der Waals surface area (Å²) in [6, 6.07) is 6.25. The molecule has 1 aliphatic heterocycles. The van der Waals surface area contributed by atoms with Gasteiger partial charge in [-0.05, 0) is 30.9 Å². The van der Waals surface area contributed by atoms with Gasteiger partial charge >= 0.3 is 0 Å². The van der Waals surface area contributed by atoms with E-state index in [1.54, 1.807) is 12.1 Å². The molecule has 0 bridgehead atoms. The second-order valence-corrected chi connectivity index (χ2v) is 7.78. The van der Waals surface area contributed by atoms with Crippen molar-refractivity contribution >= 4 is 27.5 Å². The molecular formula is C15H21ClN2O3S. The molecule has 0 aliphatic carbocycles. The highest BCUT2D eigenvalue weighted by Crippen LogP contribution is 2.20. The van der Waals surface area contributed by atoms with Crippen molar-refractivity contribution in [3.63, 3.8) is 0 Å². The van der Waals surface area contributed by atoms with Crippen LogP contribution in [0, 0.1) is 5.92 Å². The lowest BCUT2D eigenvalue weighted by atomic mass is 9.99. The molecule has 0 atom stereocenters. The number of sulfonamides is 1. The van der Waals surface area contributed by atoms with Gasteiger partial charge in [0.25, 0.3) is 0 Å². The molecule has 0 radical (unpaired) electrons. The Bertz CT molecular complexity index is 625. The SMILES string of the molecule is CC1CCN(C(=O)CCNS(=O)(=O)c2ccccc2Cl)CC1. The molecule has 1 aromatic carbocycles. The number of piperidine rings is 1. The van der Waals surface area contributed by atoms with E-state index < -0.39 is 10.0 Å². The van der Waals surface area contributed by atoms with Crippen molar-refractivity contribution in [1.82, 2.24) is 9.62 Å². The molecule has 1 amide bonds. The number of amides is 1. The molecule has 7 heteroatoms. The molecule has 1 N–H and O–H groups in total. The van der Waals surface area contributed by atoms with Gasteiger partial charge in [-0.25, -0.2) is 13.1 Å². The average molecular weight is 345 g/mol. The standard InChI is InChI=1S/C15H21ClN2O3S/c1-12-7-10-18(11-8-12)15(19)6-9-17-22(20,21)14-5-3-2-4-13(14)16/h2-5,12,17H,6-11H2,1H3. The lowest BCUT2D eigenvalue weighted by Crippen LogP contribution is -2.39. The van der Waals surface area contributed by atoms with Gasteiger partial charge in [0, 0.05) is 26.1 Å². The molecule has 22 heavy (non-hydrogen) atoms. The predicted molar refractivity (Wildman–Crippen MR) is 86.2 cm³/mol. The van der Waals surface area contributed by atoms with Gasteiger partial charge in [-0.3, -0.25) is 4.79 Å². The summed E-state index contributed by atoms with van der Waals surface area (Å²) in [5, 5.41) is 0.173. The molecule has 1 aliphatic rings. The average Bonchev–Trinajstić information content (AvgIpc) is 2.48. The Balaban J connectivity index is 1.85. The summed E-state index contributed by atoms with van der Waals surface area (Å²) in [6.07, 6.45) is 2.19. The van der Waals surface area contributed by atoms with Crippen LogP contribution >= 0.6 is 11.6 Å². The topological polar surface area (TPSA) is 66.5 Å². The second kappa shape index (κ2) is 7.44. The number of halogens is 1. The minimum absolute atomic E-state index is 0.00578.